The SMILES string of the molecule is COc1cnc2c(-c3nc4c(Cl)c(F)c(OC[C@@H](C)N(C(=O)O)c5cnc(F)c(C)c5)cc4s3)cc(C)cc2n1. The summed E-state index contributed by atoms with van der Waals surface area (Å²) in [6.45, 7) is 4.76. The van der Waals surface area contributed by atoms with Crippen LogP contribution in [0.3, 0.4) is 0 Å². The Morgan fingerprint density at radius 1 is 1.12 bits per heavy atom. The van der Waals surface area contributed by atoms with Crippen molar-refractivity contribution in [3.8, 4) is 22.2 Å². The zero-order valence-corrected chi connectivity index (χ0v) is 23.3. The van der Waals surface area contributed by atoms with Crippen molar-refractivity contribution in [2.24, 2.45) is 0 Å². The second-order valence-corrected chi connectivity index (χ2v) is 10.5. The molecule has 0 aliphatic heterocycles. The molecular formula is C27H22ClF2N5O4S. The molecule has 0 spiro atoms. The van der Waals surface area contributed by atoms with Crippen LogP contribution in [0, 0.1) is 25.6 Å². The third-order valence-corrected chi connectivity index (χ3v) is 7.53. The number of amides is 1. The van der Waals surface area contributed by atoms with E-state index in [1.807, 2.05) is 19.1 Å². The van der Waals surface area contributed by atoms with Crippen molar-refractivity contribution >= 4 is 56.0 Å². The Bertz CT molecular complexity index is 1780. The molecule has 1 atom stereocenters. The Labute approximate surface area is 236 Å². The van der Waals surface area contributed by atoms with Crippen molar-refractivity contribution < 1.29 is 28.2 Å². The molecule has 0 radical (unpaired) electrons. The van der Waals surface area contributed by atoms with Gasteiger partial charge in [-0.2, -0.15) is 4.39 Å². The minimum absolute atomic E-state index is 0.156. The summed E-state index contributed by atoms with van der Waals surface area (Å²) in [7, 11) is 1.51. The van der Waals surface area contributed by atoms with E-state index in [1.54, 1.807) is 6.92 Å². The molecule has 3 aromatic heterocycles. The Kier molecular flexibility index (Phi) is 7.39. The molecule has 13 heteroatoms. The Balaban J connectivity index is 1.47. The van der Waals surface area contributed by atoms with E-state index in [9.17, 15) is 14.3 Å². The molecule has 0 aliphatic carbocycles. The number of ether oxygens (including phenoxy) is 2. The second kappa shape index (κ2) is 10.8. The van der Waals surface area contributed by atoms with E-state index in [1.165, 1.54) is 43.7 Å². The number of aromatic nitrogens is 4. The van der Waals surface area contributed by atoms with Gasteiger partial charge >= 0.3 is 6.09 Å². The van der Waals surface area contributed by atoms with Gasteiger partial charge in [-0.1, -0.05) is 11.6 Å². The Hall–Kier alpha value is -4.16. The quantitative estimate of drug-likeness (QED) is 0.207. The lowest BCUT2D eigenvalue weighted by Crippen LogP contribution is -2.41. The van der Waals surface area contributed by atoms with Crippen LogP contribution in [-0.2, 0) is 0 Å². The molecule has 5 rings (SSSR count). The van der Waals surface area contributed by atoms with Gasteiger partial charge < -0.3 is 14.6 Å². The highest BCUT2D eigenvalue weighted by atomic mass is 35.5. The normalized spacial score (nSPS) is 12.1. The number of hydrogen-bond donors (Lipinski definition) is 1. The minimum Gasteiger partial charge on any atom is -0.488 e. The maximum Gasteiger partial charge on any atom is 0.412 e. The highest BCUT2D eigenvalue weighted by molar-refractivity contribution is 7.21. The molecule has 0 unspecified atom stereocenters. The van der Waals surface area contributed by atoms with Crippen molar-refractivity contribution in [2.75, 3.05) is 18.6 Å². The third kappa shape index (κ3) is 5.07. The zero-order valence-electron chi connectivity index (χ0n) is 21.7. The van der Waals surface area contributed by atoms with E-state index >= 15 is 4.39 Å². The van der Waals surface area contributed by atoms with E-state index < -0.39 is 23.9 Å². The van der Waals surface area contributed by atoms with Gasteiger partial charge in [-0.15, -0.1) is 11.3 Å². The average molecular weight is 586 g/mol. The number of halogens is 3. The first kappa shape index (κ1) is 27.4. The number of carbonyl (C=O) groups is 1. The monoisotopic (exact) mass is 585 g/mol. The van der Waals surface area contributed by atoms with Crippen LogP contribution in [0.1, 0.15) is 18.1 Å². The summed E-state index contributed by atoms with van der Waals surface area (Å²) >= 11 is 7.65. The fourth-order valence-electron chi connectivity index (χ4n) is 4.22. The lowest BCUT2D eigenvalue weighted by Gasteiger charge is -2.26. The summed E-state index contributed by atoms with van der Waals surface area (Å²) in [5.41, 5.74) is 3.47. The predicted molar refractivity (Wildman–Crippen MR) is 149 cm³/mol. The molecule has 1 N–H and O–H groups in total. The highest BCUT2D eigenvalue weighted by Gasteiger charge is 2.25. The van der Waals surface area contributed by atoms with Crippen LogP contribution in [-0.4, -0.2) is 50.9 Å². The Morgan fingerprint density at radius 3 is 2.60 bits per heavy atom. The molecule has 0 saturated carbocycles. The number of carboxylic acid groups (broad SMARTS) is 1. The van der Waals surface area contributed by atoms with Crippen LogP contribution in [0.15, 0.2) is 36.7 Å². The zero-order chi connectivity index (χ0) is 28.7. The van der Waals surface area contributed by atoms with Crippen LogP contribution in [0.5, 0.6) is 11.6 Å². The van der Waals surface area contributed by atoms with E-state index in [-0.39, 0.29) is 34.1 Å². The van der Waals surface area contributed by atoms with Gasteiger partial charge in [-0.05, 0) is 44.5 Å². The van der Waals surface area contributed by atoms with Crippen molar-refractivity contribution in [1.29, 1.82) is 0 Å². The number of benzene rings is 2. The fraction of sp³-hybridized carbons (Fsp3) is 0.222. The van der Waals surface area contributed by atoms with Crippen molar-refractivity contribution in [3.05, 3.63) is 64.6 Å². The first-order valence-electron chi connectivity index (χ1n) is 11.9. The van der Waals surface area contributed by atoms with E-state index in [0.29, 0.717) is 32.2 Å². The molecular weight excluding hydrogens is 564 g/mol. The molecule has 0 aliphatic rings. The molecule has 5 aromatic rings. The van der Waals surface area contributed by atoms with Gasteiger partial charge in [0.25, 0.3) is 0 Å². The highest BCUT2D eigenvalue weighted by Crippen LogP contribution is 2.40. The van der Waals surface area contributed by atoms with Gasteiger partial charge in [0.05, 0.1) is 47.0 Å². The number of methoxy groups -OCH3 is 1. The molecule has 3 heterocycles. The van der Waals surface area contributed by atoms with Crippen LogP contribution in [0.25, 0.3) is 31.8 Å². The van der Waals surface area contributed by atoms with E-state index in [4.69, 9.17) is 21.1 Å². The number of hydrogen-bond acceptors (Lipinski definition) is 8. The fourth-order valence-corrected chi connectivity index (χ4v) is 5.54. The van der Waals surface area contributed by atoms with Gasteiger partial charge in [0.2, 0.25) is 11.8 Å². The van der Waals surface area contributed by atoms with E-state index in [0.717, 1.165) is 16.7 Å². The lowest BCUT2D eigenvalue weighted by molar-refractivity contribution is 0.194. The number of anilines is 1. The molecule has 206 valence electrons. The topological polar surface area (TPSA) is 111 Å². The largest absolute Gasteiger partial charge is 0.488 e. The summed E-state index contributed by atoms with van der Waals surface area (Å²) in [6.07, 6.45) is 1.33. The average Bonchev–Trinajstić information content (AvgIpc) is 3.35. The number of pyridine rings is 1. The summed E-state index contributed by atoms with van der Waals surface area (Å²) in [5.74, 6) is -1.30. The first-order valence-corrected chi connectivity index (χ1v) is 13.1. The summed E-state index contributed by atoms with van der Waals surface area (Å²) in [6, 6.07) is 5.86. The molecule has 1 amide bonds. The number of fused-ring (bicyclic) bond motifs is 2. The Morgan fingerprint density at radius 2 is 1.90 bits per heavy atom. The van der Waals surface area contributed by atoms with Crippen molar-refractivity contribution in [2.45, 2.75) is 26.8 Å². The van der Waals surface area contributed by atoms with Crippen LogP contribution < -0.4 is 14.4 Å². The standard InChI is InChI=1S/C27H22ClF2N5O4S/c1-12-5-16(23-17(6-12)33-20(38-4)10-31-23)26-34-24-19(40-26)8-18(22(29)21(24)28)39-11-14(3)35(27(36)37)15-7-13(2)25(30)32-9-15/h5-10,14H,11H2,1-4H3,(H,36,37)/t14-/m1/s1. The molecule has 0 saturated heterocycles. The maximum atomic E-state index is 15.3. The molecule has 0 fully saturated rings. The summed E-state index contributed by atoms with van der Waals surface area (Å²) < 4.78 is 40.3. The number of aryl methyl sites for hydroxylation is 2. The molecule has 0 bridgehead atoms. The smallest absolute Gasteiger partial charge is 0.412 e. The summed E-state index contributed by atoms with van der Waals surface area (Å²) in [4.78, 5) is 30.1. The van der Waals surface area contributed by atoms with Crippen LogP contribution in [0.4, 0.5) is 19.3 Å². The van der Waals surface area contributed by atoms with Crippen LogP contribution in [0.2, 0.25) is 5.02 Å². The number of nitrogens with zero attached hydrogens (tertiary/aromatic N) is 5. The van der Waals surface area contributed by atoms with Gasteiger partial charge in [-0.25, -0.2) is 29.1 Å². The van der Waals surface area contributed by atoms with Crippen LogP contribution >= 0.6 is 22.9 Å². The predicted octanol–water partition coefficient (Wildman–Crippen LogP) is 6.81. The number of thiazole rings is 1. The van der Waals surface area contributed by atoms with Gasteiger partial charge in [0, 0.05) is 17.2 Å². The summed E-state index contributed by atoms with van der Waals surface area (Å²) in [5, 5.41) is 10.1. The van der Waals surface area contributed by atoms with Crippen molar-refractivity contribution in [1.82, 2.24) is 19.9 Å². The number of rotatable bonds is 7. The molecule has 2 aromatic carbocycles. The van der Waals surface area contributed by atoms with E-state index in [2.05, 4.69) is 19.9 Å². The lowest BCUT2D eigenvalue weighted by atomic mass is 10.1. The van der Waals surface area contributed by atoms with Gasteiger partial charge in [0.1, 0.15) is 22.2 Å². The van der Waals surface area contributed by atoms with Crippen molar-refractivity contribution in [3.63, 3.8) is 0 Å². The third-order valence-electron chi connectivity index (χ3n) is 6.15. The molecule has 40 heavy (non-hydrogen) atoms. The maximum absolute atomic E-state index is 15.3. The second-order valence-electron chi connectivity index (χ2n) is 9.07. The van der Waals surface area contributed by atoms with Gasteiger partial charge in [0.15, 0.2) is 11.6 Å². The molecule has 9 nitrogen and oxygen atoms in total. The van der Waals surface area contributed by atoms with Gasteiger partial charge in [-0.3, -0.25) is 4.90 Å². The first-order chi connectivity index (χ1) is 19.1. The minimum atomic E-state index is -1.30.